The molecule has 2 aromatic rings. The first-order valence-electron chi connectivity index (χ1n) is 8.81. The van der Waals surface area contributed by atoms with Gasteiger partial charge in [-0.1, -0.05) is 6.07 Å². The van der Waals surface area contributed by atoms with Crippen LogP contribution in [0, 0.1) is 0 Å². The lowest BCUT2D eigenvalue weighted by molar-refractivity contribution is -0.126. The largest absolute Gasteiger partial charge is 0.381 e. The predicted molar refractivity (Wildman–Crippen MR) is 97.9 cm³/mol. The molecule has 1 spiro atoms. The highest BCUT2D eigenvalue weighted by molar-refractivity contribution is 6.08. The molecular formula is C20H21N3O3. The quantitative estimate of drug-likeness (QED) is 0.923. The van der Waals surface area contributed by atoms with Crippen molar-refractivity contribution < 1.29 is 14.3 Å². The first kappa shape index (κ1) is 16.7. The standard InChI is InChI=1S/C20H21N3O3/c1-14(24)22-16-4-5-18-17(11-16)20(6-9-26-10-7-20)19(25)23(18)13-15-3-2-8-21-12-15/h2-5,8,11-12H,6-7,9-10,13H2,1H3,(H,22,24). The van der Waals surface area contributed by atoms with Crippen LogP contribution >= 0.6 is 0 Å². The number of anilines is 2. The van der Waals surface area contributed by atoms with E-state index in [1.807, 2.05) is 35.2 Å². The van der Waals surface area contributed by atoms with Gasteiger partial charge in [0.2, 0.25) is 11.8 Å². The third-order valence-corrected chi connectivity index (χ3v) is 5.19. The summed E-state index contributed by atoms with van der Waals surface area (Å²) < 4.78 is 5.52. The molecule has 1 N–H and O–H groups in total. The average Bonchev–Trinajstić information content (AvgIpc) is 2.86. The Morgan fingerprint density at radius 2 is 2.12 bits per heavy atom. The Hall–Kier alpha value is -2.73. The molecule has 3 heterocycles. The molecule has 0 radical (unpaired) electrons. The van der Waals surface area contributed by atoms with Crippen LogP contribution in [0.1, 0.15) is 30.9 Å². The van der Waals surface area contributed by atoms with Gasteiger partial charge in [-0.25, -0.2) is 0 Å². The first-order valence-corrected chi connectivity index (χ1v) is 8.81. The number of hydrogen-bond acceptors (Lipinski definition) is 4. The summed E-state index contributed by atoms with van der Waals surface area (Å²) in [6, 6.07) is 9.58. The van der Waals surface area contributed by atoms with Crippen molar-refractivity contribution in [2.24, 2.45) is 0 Å². The molecular weight excluding hydrogens is 330 g/mol. The Balaban J connectivity index is 1.77. The monoisotopic (exact) mass is 351 g/mol. The maximum absolute atomic E-state index is 13.4. The highest BCUT2D eigenvalue weighted by atomic mass is 16.5. The number of pyridine rings is 1. The predicted octanol–water partition coefficient (Wildman–Crippen LogP) is 2.64. The fraction of sp³-hybridized carbons (Fsp3) is 0.350. The average molecular weight is 351 g/mol. The van der Waals surface area contributed by atoms with Gasteiger partial charge in [0.05, 0.1) is 12.0 Å². The topological polar surface area (TPSA) is 71.5 Å². The number of nitrogens with one attached hydrogen (secondary N) is 1. The Morgan fingerprint density at radius 3 is 2.81 bits per heavy atom. The highest BCUT2D eigenvalue weighted by Gasteiger charge is 2.51. The summed E-state index contributed by atoms with van der Waals surface area (Å²) in [4.78, 5) is 30.9. The van der Waals surface area contributed by atoms with Gasteiger partial charge in [0.1, 0.15) is 0 Å². The van der Waals surface area contributed by atoms with Gasteiger partial charge in [0.25, 0.3) is 0 Å². The molecule has 4 rings (SSSR count). The lowest BCUT2D eigenvalue weighted by Crippen LogP contribution is -2.43. The zero-order valence-electron chi connectivity index (χ0n) is 14.7. The van der Waals surface area contributed by atoms with Gasteiger partial charge < -0.3 is 15.0 Å². The summed E-state index contributed by atoms with van der Waals surface area (Å²) in [5, 5.41) is 2.83. The molecule has 134 valence electrons. The van der Waals surface area contributed by atoms with Crippen LogP contribution in [-0.4, -0.2) is 30.0 Å². The minimum atomic E-state index is -0.565. The van der Waals surface area contributed by atoms with E-state index < -0.39 is 5.41 Å². The van der Waals surface area contributed by atoms with E-state index >= 15 is 0 Å². The molecule has 0 saturated carbocycles. The van der Waals surface area contributed by atoms with Crippen molar-refractivity contribution >= 4 is 23.2 Å². The van der Waals surface area contributed by atoms with Gasteiger partial charge in [0, 0.05) is 43.9 Å². The van der Waals surface area contributed by atoms with E-state index in [0.717, 1.165) is 22.5 Å². The Labute approximate surface area is 152 Å². The molecule has 6 heteroatoms. The van der Waals surface area contributed by atoms with Crippen molar-refractivity contribution in [1.29, 1.82) is 0 Å². The second-order valence-corrected chi connectivity index (χ2v) is 6.86. The number of carbonyl (C=O) groups excluding carboxylic acids is 2. The molecule has 1 aromatic carbocycles. The summed E-state index contributed by atoms with van der Waals surface area (Å²) in [7, 11) is 0. The number of fused-ring (bicyclic) bond motifs is 2. The number of carbonyl (C=O) groups is 2. The molecule has 0 bridgehead atoms. The van der Waals surface area contributed by atoms with Crippen LogP contribution in [0.3, 0.4) is 0 Å². The second kappa shape index (κ2) is 6.53. The Kier molecular flexibility index (Phi) is 4.20. The number of benzene rings is 1. The molecule has 0 unspecified atom stereocenters. The van der Waals surface area contributed by atoms with Crippen LogP contribution in [0.25, 0.3) is 0 Å². The summed E-state index contributed by atoms with van der Waals surface area (Å²) in [5.41, 5.74) is 3.04. The number of rotatable bonds is 3. The molecule has 0 atom stereocenters. The summed E-state index contributed by atoms with van der Waals surface area (Å²) in [6.45, 7) is 3.10. The van der Waals surface area contributed by atoms with E-state index in [-0.39, 0.29) is 11.8 Å². The number of nitrogens with zero attached hydrogens (tertiary/aromatic N) is 2. The van der Waals surface area contributed by atoms with Crippen molar-refractivity contribution in [3.63, 3.8) is 0 Å². The Morgan fingerprint density at radius 1 is 1.31 bits per heavy atom. The van der Waals surface area contributed by atoms with Crippen molar-refractivity contribution in [3.8, 4) is 0 Å². The Bertz CT molecular complexity index is 845. The van der Waals surface area contributed by atoms with Crippen LogP contribution in [0.4, 0.5) is 11.4 Å². The van der Waals surface area contributed by atoms with Crippen molar-refractivity contribution in [3.05, 3.63) is 53.9 Å². The van der Waals surface area contributed by atoms with E-state index in [4.69, 9.17) is 4.74 Å². The van der Waals surface area contributed by atoms with E-state index in [2.05, 4.69) is 10.3 Å². The van der Waals surface area contributed by atoms with Crippen LogP contribution in [0.15, 0.2) is 42.7 Å². The van der Waals surface area contributed by atoms with Gasteiger partial charge in [-0.15, -0.1) is 0 Å². The normalized spacial score (nSPS) is 18.0. The fourth-order valence-electron chi connectivity index (χ4n) is 3.95. The summed E-state index contributed by atoms with van der Waals surface area (Å²) >= 11 is 0. The third-order valence-electron chi connectivity index (χ3n) is 5.19. The van der Waals surface area contributed by atoms with Gasteiger partial charge in [-0.3, -0.25) is 14.6 Å². The summed E-state index contributed by atoms with van der Waals surface area (Å²) in [6.07, 6.45) is 4.83. The molecule has 1 saturated heterocycles. The number of hydrogen-bond donors (Lipinski definition) is 1. The molecule has 2 aliphatic rings. The minimum absolute atomic E-state index is 0.111. The van der Waals surface area contributed by atoms with Crippen LogP contribution in [0.5, 0.6) is 0 Å². The number of aromatic nitrogens is 1. The van der Waals surface area contributed by atoms with Gasteiger partial charge >= 0.3 is 0 Å². The molecule has 26 heavy (non-hydrogen) atoms. The summed E-state index contributed by atoms with van der Waals surface area (Å²) in [5.74, 6) is -0.0119. The molecule has 0 aliphatic carbocycles. The van der Waals surface area contributed by atoms with Crippen LogP contribution in [-0.2, 0) is 26.3 Å². The van der Waals surface area contributed by atoms with E-state index in [9.17, 15) is 9.59 Å². The van der Waals surface area contributed by atoms with Crippen LogP contribution in [0.2, 0.25) is 0 Å². The SMILES string of the molecule is CC(=O)Nc1ccc2c(c1)C1(CCOCC1)C(=O)N2Cc1cccnc1. The fourth-order valence-corrected chi connectivity index (χ4v) is 3.95. The number of ether oxygens (including phenoxy) is 1. The smallest absolute Gasteiger partial charge is 0.238 e. The zero-order chi connectivity index (χ0) is 18.1. The molecule has 2 aliphatic heterocycles. The van der Waals surface area contributed by atoms with Crippen LogP contribution < -0.4 is 10.2 Å². The maximum Gasteiger partial charge on any atom is 0.238 e. The van der Waals surface area contributed by atoms with Crippen molar-refractivity contribution in [2.75, 3.05) is 23.4 Å². The van der Waals surface area contributed by atoms with Crippen molar-refractivity contribution in [2.45, 2.75) is 31.7 Å². The zero-order valence-corrected chi connectivity index (χ0v) is 14.7. The second-order valence-electron chi connectivity index (χ2n) is 6.86. The van der Waals surface area contributed by atoms with Gasteiger partial charge in [-0.2, -0.15) is 0 Å². The lowest BCUT2D eigenvalue weighted by Gasteiger charge is -2.32. The number of amides is 2. The van der Waals surface area contributed by atoms with Crippen molar-refractivity contribution in [1.82, 2.24) is 4.98 Å². The van der Waals surface area contributed by atoms with Gasteiger partial charge in [0.15, 0.2) is 0 Å². The first-order chi connectivity index (χ1) is 12.6. The molecule has 1 aromatic heterocycles. The van der Waals surface area contributed by atoms with Gasteiger partial charge in [-0.05, 0) is 48.2 Å². The van der Waals surface area contributed by atoms with E-state index in [0.29, 0.717) is 32.6 Å². The van der Waals surface area contributed by atoms with E-state index in [1.165, 1.54) is 6.92 Å². The minimum Gasteiger partial charge on any atom is -0.381 e. The molecule has 6 nitrogen and oxygen atoms in total. The third kappa shape index (κ3) is 2.76. The molecule has 2 amide bonds. The van der Waals surface area contributed by atoms with E-state index in [1.54, 1.807) is 12.4 Å². The lowest BCUT2D eigenvalue weighted by atomic mass is 9.75. The maximum atomic E-state index is 13.4. The highest BCUT2D eigenvalue weighted by Crippen LogP contribution is 2.49. The molecule has 1 fully saturated rings.